The third-order valence-corrected chi connectivity index (χ3v) is 4.41. The lowest BCUT2D eigenvalue weighted by Gasteiger charge is -2.26. The van der Waals surface area contributed by atoms with Crippen LogP contribution in [0.4, 0.5) is 5.69 Å². The van der Waals surface area contributed by atoms with E-state index in [9.17, 15) is 13.2 Å². The van der Waals surface area contributed by atoms with Crippen molar-refractivity contribution in [2.24, 2.45) is 5.14 Å². The van der Waals surface area contributed by atoms with E-state index in [1.54, 1.807) is 19.1 Å². The molecule has 0 atom stereocenters. The summed E-state index contributed by atoms with van der Waals surface area (Å²) in [5.74, 6) is -0.166. The fourth-order valence-electron chi connectivity index (χ4n) is 2.26. The number of rotatable bonds is 4. The van der Waals surface area contributed by atoms with Gasteiger partial charge in [0, 0.05) is 31.9 Å². The number of benzene rings is 1. The van der Waals surface area contributed by atoms with Gasteiger partial charge in [0.15, 0.2) is 0 Å². The molecule has 1 aliphatic rings. The predicted octanol–water partition coefficient (Wildman–Crippen LogP) is -0.514. The Balaban J connectivity index is 2.04. The van der Waals surface area contributed by atoms with Crippen LogP contribution in [0.5, 0.6) is 0 Å². The van der Waals surface area contributed by atoms with Crippen molar-refractivity contribution in [2.75, 3.05) is 38.0 Å². The van der Waals surface area contributed by atoms with Crippen LogP contribution < -0.4 is 15.8 Å². The maximum Gasteiger partial charge on any atom is 0.238 e. The molecule has 0 saturated carbocycles. The molecule has 8 heteroatoms. The molecule has 7 nitrogen and oxygen atoms in total. The molecule has 21 heavy (non-hydrogen) atoms. The average Bonchev–Trinajstić information content (AvgIpc) is 2.41. The summed E-state index contributed by atoms with van der Waals surface area (Å²) in [4.78, 5) is 14.0. The van der Waals surface area contributed by atoms with Crippen LogP contribution in [0, 0.1) is 6.92 Å². The van der Waals surface area contributed by atoms with Gasteiger partial charge in [-0.15, -0.1) is 0 Å². The summed E-state index contributed by atoms with van der Waals surface area (Å²) in [6.45, 7) is 5.33. The van der Waals surface area contributed by atoms with E-state index in [0.717, 1.165) is 26.2 Å². The quantitative estimate of drug-likeness (QED) is 0.694. The summed E-state index contributed by atoms with van der Waals surface area (Å²) >= 11 is 0. The van der Waals surface area contributed by atoms with Crippen LogP contribution in [0.2, 0.25) is 0 Å². The zero-order valence-corrected chi connectivity index (χ0v) is 12.7. The van der Waals surface area contributed by atoms with Gasteiger partial charge in [0.05, 0.1) is 11.4 Å². The van der Waals surface area contributed by atoms with Crippen molar-refractivity contribution in [3.05, 3.63) is 23.8 Å². The minimum Gasteiger partial charge on any atom is -0.325 e. The van der Waals surface area contributed by atoms with Crippen LogP contribution in [0.1, 0.15) is 5.56 Å². The Morgan fingerprint density at radius 2 is 2.05 bits per heavy atom. The first-order valence-electron chi connectivity index (χ1n) is 6.72. The minimum atomic E-state index is -3.79. The second kappa shape index (κ2) is 6.52. The van der Waals surface area contributed by atoms with Gasteiger partial charge in [-0.3, -0.25) is 9.69 Å². The second-order valence-electron chi connectivity index (χ2n) is 5.10. The molecule has 4 N–H and O–H groups in total. The van der Waals surface area contributed by atoms with Gasteiger partial charge in [-0.2, -0.15) is 0 Å². The van der Waals surface area contributed by atoms with Crippen molar-refractivity contribution in [2.45, 2.75) is 11.8 Å². The van der Waals surface area contributed by atoms with Crippen molar-refractivity contribution < 1.29 is 13.2 Å². The van der Waals surface area contributed by atoms with Crippen molar-refractivity contribution in [3.8, 4) is 0 Å². The summed E-state index contributed by atoms with van der Waals surface area (Å²) < 4.78 is 22.9. The van der Waals surface area contributed by atoms with Crippen molar-refractivity contribution in [3.63, 3.8) is 0 Å². The highest BCUT2D eigenvalue weighted by Crippen LogP contribution is 2.18. The molecule has 0 radical (unpaired) electrons. The van der Waals surface area contributed by atoms with E-state index in [1.807, 2.05) is 4.90 Å². The number of carbonyl (C=O) groups excluding carboxylic acids is 1. The van der Waals surface area contributed by atoms with Gasteiger partial charge < -0.3 is 10.6 Å². The molecule has 0 bridgehead atoms. The third kappa shape index (κ3) is 4.50. The van der Waals surface area contributed by atoms with Crippen LogP contribution in [-0.2, 0) is 14.8 Å². The molecule has 1 amide bonds. The van der Waals surface area contributed by atoms with E-state index >= 15 is 0 Å². The molecule has 0 spiro atoms. The van der Waals surface area contributed by atoms with Gasteiger partial charge in [-0.05, 0) is 24.6 Å². The predicted molar refractivity (Wildman–Crippen MR) is 80.5 cm³/mol. The lowest BCUT2D eigenvalue weighted by atomic mass is 10.2. The second-order valence-corrected chi connectivity index (χ2v) is 6.63. The topological polar surface area (TPSA) is 105 Å². The molecule has 116 valence electrons. The number of sulfonamides is 1. The van der Waals surface area contributed by atoms with Gasteiger partial charge >= 0.3 is 0 Å². The lowest BCUT2D eigenvalue weighted by Crippen LogP contribution is -2.46. The number of nitrogens with zero attached hydrogens (tertiary/aromatic N) is 1. The Labute approximate surface area is 124 Å². The smallest absolute Gasteiger partial charge is 0.238 e. The van der Waals surface area contributed by atoms with E-state index in [-0.39, 0.29) is 10.8 Å². The fraction of sp³-hybridized carbons (Fsp3) is 0.462. The molecular formula is C13H20N4O3S. The highest BCUT2D eigenvalue weighted by molar-refractivity contribution is 7.89. The van der Waals surface area contributed by atoms with E-state index in [4.69, 9.17) is 5.14 Å². The first-order chi connectivity index (χ1) is 9.86. The molecule has 1 fully saturated rings. The van der Waals surface area contributed by atoms with Gasteiger partial charge in [-0.1, -0.05) is 6.07 Å². The van der Waals surface area contributed by atoms with Crippen LogP contribution in [-0.4, -0.2) is 51.9 Å². The first-order valence-corrected chi connectivity index (χ1v) is 8.27. The van der Waals surface area contributed by atoms with Crippen molar-refractivity contribution in [1.82, 2.24) is 10.2 Å². The molecule has 1 aromatic carbocycles. The van der Waals surface area contributed by atoms with Crippen molar-refractivity contribution in [1.29, 1.82) is 0 Å². The maximum absolute atomic E-state index is 12.0. The van der Waals surface area contributed by atoms with E-state index < -0.39 is 10.0 Å². The molecule has 1 saturated heterocycles. The number of amides is 1. The number of hydrogen-bond acceptors (Lipinski definition) is 5. The molecule has 1 aromatic rings. The molecule has 2 rings (SSSR count). The molecule has 0 aromatic heterocycles. The van der Waals surface area contributed by atoms with Crippen LogP contribution in [0.3, 0.4) is 0 Å². The fourth-order valence-corrected chi connectivity index (χ4v) is 3.07. The largest absolute Gasteiger partial charge is 0.325 e. The summed E-state index contributed by atoms with van der Waals surface area (Å²) in [5, 5.41) is 11.1. The number of aryl methyl sites for hydroxylation is 1. The standard InChI is InChI=1S/C13H20N4O3S/c1-10-2-3-11(8-12(10)21(14,19)20)16-13(18)9-17-6-4-15-5-7-17/h2-3,8,15H,4-7,9H2,1H3,(H,16,18)(H2,14,19,20). The summed E-state index contributed by atoms with van der Waals surface area (Å²) in [6, 6.07) is 4.68. The molecular weight excluding hydrogens is 292 g/mol. The van der Waals surface area contributed by atoms with Crippen LogP contribution in [0.15, 0.2) is 23.1 Å². The molecule has 0 aliphatic carbocycles. The Bertz CT molecular complexity index is 624. The maximum atomic E-state index is 12.0. The Morgan fingerprint density at radius 1 is 1.38 bits per heavy atom. The number of hydrogen-bond donors (Lipinski definition) is 3. The first kappa shape index (κ1) is 15.9. The normalized spacial score (nSPS) is 16.7. The SMILES string of the molecule is Cc1ccc(NC(=O)CN2CCNCC2)cc1S(N)(=O)=O. The molecule has 0 unspecified atom stereocenters. The molecule has 1 aliphatic heterocycles. The number of piperazine rings is 1. The number of primary sulfonamides is 1. The lowest BCUT2D eigenvalue weighted by molar-refractivity contribution is -0.117. The zero-order chi connectivity index (χ0) is 15.5. The highest BCUT2D eigenvalue weighted by atomic mass is 32.2. The summed E-state index contributed by atoms with van der Waals surface area (Å²) in [5.41, 5.74) is 0.988. The minimum absolute atomic E-state index is 0.0301. The van der Waals surface area contributed by atoms with Crippen molar-refractivity contribution >= 4 is 21.6 Å². The number of carbonyl (C=O) groups is 1. The van der Waals surface area contributed by atoms with Crippen LogP contribution in [0.25, 0.3) is 0 Å². The Morgan fingerprint density at radius 3 is 2.67 bits per heavy atom. The number of nitrogens with one attached hydrogen (secondary N) is 2. The van der Waals surface area contributed by atoms with Gasteiger partial charge in [0.2, 0.25) is 15.9 Å². The third-order valence-electron chi connectivity index (χ3n) is 3.36. The number of anilines is 1. The molecule has 1 heterocycles. The Kier molecular flexibility index (Phi) is 4.94. The number of nitrogens with two attached hydrogens (primary N) is 1. The monoisotopic (exact) mass is 312 g/mol. The van der Waals surface area contributed by atoms with Crippen LogP contribution >= 0.6 is 0 Å². The Hall–Kier alpha value is -1.48. The van der Waals surface area contributed by atoms with E-state index in [1.165, 1.54) is 6.07 Å². The van der Waals surface area contributed by atoms with Gasteiger partial charge in [0.1, 0.15) is 0 Å². The average molecular weight is 312 g/mol. The zero-order valence-electron chi connectivity index (χ0n) is 11.9. The highest BCUT2D eigenvalue weighted by Gasteiger charge is 2.15. The van der Waals surface area contributed by atoms with Gasteiger partial charge in [-0.25, -0.2) is 13.6 Å². The summed E-state index contributed by atoms with van der Waals surface area (Å²) in [6.07, 6.45) is 0. The van der Waals surface area contributed by atoms with Gasteiger partial charge in [0.25, 0.3) is 0 Å². The van der Waals surface area contributed by atoms with E-state index in [0.29, 0.717) is 17.8 Å². The summed E-state index contributed by atoms with van der Waals surface area (Å²) in [7, 11) is -3.79. The van der Waals surface area contributed by atoms with E-state index in [2.05, 4.69) is 10.6 Å².